The third-order valence-electron chi connectivity index (χ3n) is 4.69. The van der Waals surface area contributed by atoms with Gasteiger partial charge in [-0.2, -0.15) is 5.10 Å². The highest BCUT2D eigenvalue weighted by atomic mass is 35.5. The SMILES string of the molecule is Cc1nn(Cc2ccccc2)c(Cl)c1C(=O)Nc1ccc(Cl)cc1NC(=O)c1ccco1. The van der Waals surface area contributed by atoms with Crippen LogP contribution in [0, 0.1) is 6.92 Å². The summed E-state index contributed by atoms with van der Waals surface area (Å²) in [5, 5.41) is 10.5. The van der Waals surface area contributed by atoms with Crippen molar-refractivity contribution in [2.45, 2.75) is 13.5 Å². The van der Waals surface area contributed by atoms with Gasteiger partial charge < -0.3 is 15.1 Å². The van der Waals surface area contributed by atoms with Gasteiger partial charge in [0, 0.05) is 5.02 Å². The summed E-state index contributed by atoms with van der Waals surface area (Å²) in [6.07, 6.45) is 1.40. The summed E-state index contributed by atoms with van der Waals surface area (Å²) in [6.45, 7) is 2.14. The van der Waals surface area contributed by atoms with Gasteiger partial charge in [0.05, 0.1) is 35.4 Å². The van der Waals surface area contributed by atoms with Crippen molar-refractivity contribution in [2.24, 2.45) is 0 Å². The van der Waals surface area contributed by atoms with Gasteiger partial charge >= 0.3 is 0 Å². The van der Waals surface area contributed by atoms with E-state index < -0.39 is 11.8 Å². The molecule has 0 spiro atoms. The lowest BCUT2D eigenvalue weighted by atomic mass is 10.2. The molecule has 0 fully saturated rings. The van der Waals surface area contributed by atoms with E-state index >= 15 is 0 Å². The molecular weight excluding hydrogens is 451 g/mol. The third-order valence-corrected chi connectivity index (χ3v) is 5.31. The molecule has 0 saturated heterocycles. The van der Waals surface area contributed by atoms with Crippen LogP contribution in [0.5, 0.6) is 0 Å². The number of benzene rings is 2. The predicted octanol–water partition coefficient (Wildman–Crippen LogP) is 5.64. The van der Waals surface area contributed by atoms with Crippen LogP contribution in [0.4, 0.5) is 11.4 Å². The Kier molecular flexibility index (Phi) is 6.30. The average molecular weight is 469 g/mol. The van der Waals surface area contributed by atoms with E-state index in [2.05, 4.69) is 15.7 Å². The minimum absolute atomic E-state index is 0.128. The summed E-state index contributed by atoms with van der Waals surface area (Å²) in [5.41, 5.74) is 2.41. The van der Waals surface area contributed by atoms with Gasteiger partial charge in [0.25, 0.3) is 11.8 Å². The smallest absolute Gasteiger partial charge is 0.291 e. The summed E-state index contributed by atoms with van der Waals surface area (Å²) in [5.74, 6) is -0.802. The van der Waals surface area contributed by atoms with Crippen molar-refractivity contribution < 1.29 is 14.0 Å². The summed E-state index contributed by atoms with van der Waals surface area (Å²) in [7, 11) is 0. The van der Waals surface area contributed by atoms with Crippen LogP contribution in [0.15, 0.2) is 71.3 Å². The van der Waals surface area contributed by atoms with Crippen molar-refractivity contribution in [3.63, 3.8) is 0 Å². The van der Waals surface area contributed by atoms with Gasteiger partial charge in [-0.25, -0.2) is 4.68 Å². The number of aromatic nitrogens is 2. The van der Waals surface area contributed by atoms with Crippen LogP contribution in [-0.4, -0.2) is 21.6 Å². The number of aryl methyl sites for hydroxylation is 1. The molecule has 0 aliphatic carbocycles. The van der Waals surface area contributed by atoms with Crippen molar-refractivity contribution in [1.82, 2.24) is 9.78 Å². The van der Waals surface area contributed by atoms with E-state index in [1.807, 2.05) is 30.3 Å². The summed E-state index contributed by atoms with van der Waals surface area (Å²) < 4.78 is 6.68. The molecule has 4 aromatic rings. The minimum atomic E-state index is -0.474. The first-order chi connectivity index (χ1) is 15.4. The lowest BCUT2D eigenvalue weighted by Crippen LogP contribution is -2.17. The van der Waals surface area contributed by atoms with Crippen molar-refractivity contribution in [3.05, 3.63) is 99.7 Å². The van der Waals surface area contributed by atoms with Gasteiger partial charge in [-0.1, -0.05) is 53.5 Å². The standard InChI is InChI=1S/C23H18Cl2N4O3/c1-14-20(21(25)29(28-14)13-15-6-3-2-4-7-15)23(31)26-17-10-9-16(24)12-18(17)27-22(30)19-8-5-11-32-19/h2-12H,13H2,1H3,(H,26,31)(H,27,30). The molecule has 7 nitrogen and oxygen atoms in total. The number of nitrogens with zero attached hydrogens (tertiary/aromatic N) is 2. The zero-order valence-corrected chi connectivity index (χ0v) is 18.4. The maximum atomic E-state index is 13.1. The van der Waals surface area contributed by atoms with Crippen molar-refractivity contribution in [2.75, 3.05) is 10.6 Å². The van der Waals surface area contributed by atoms with Gasteiger partial charge in [-0.05, 0) is 42.8 Å². The van der Waals surface area contributed by atoms with E-state index in [0.29, 0.717) is 28.6 Å². The van der Waals surface area contributed by atoms with E-state index in [1.54, 1.807) is 29.8 Å². The Bertz CT molecular complexity index is 1270. The summed E-state index contributed by atoms with van der Waals surface area (Å²) in [6, 6.07) is 17.5. The van der Waals surface area contributed by atoms with Crippen LogP contribution in [0.2, 0.25) is 10.2 Å². The highest BCUT2D eigenvalue weighted by molar-refractivity contribution is 6.34. The number of halogens is 2. The quantitative estimate of drug-likeness (QED) is 0.382. The van der Waals surface area contributed by atoms with E-state index in [1.165, 1.54) is 18.4 Å². The van der Waals surface area contributed by atoms with Crippen molar-refractivity contribution in [3.8, 4) is 0 Å². The average Bonchev–Trinajstić information content (AvgIpc) is 3.39. The highest BCUT2D eigenvalue weighted by Gasteiger charge is 2.22. The Hall–Kier alpha value is -3.55. The molecule has 2 aromatic carbocycles. The van der Waals surface area contributed by atoms with Gasteiger partial charge in [0.1, 0.15) is 5.15 Å². The second kappa shape index (κ2) is 9.30. The fourth-order valence-electron chi connectivity index (χ4n) is 3.18. The normalized spacial score (nSPS) is 10.7. The van der Waals surface area contributed by atoms with Crippen LogP contribution in [0.3, 0.4) is 0 Å². The Morgan fingerprint density at radius 3 is 2.44 bits per heavy atom. The zero-order valence-electron chi connectivity index (χ0n) is 16.9. The van der Waals surface area contributed by atoms with E-state index in [9.17, 15) is 9.59 Å². The first-order valence-electron chi connectivity index (χ1n) is 9.65. The number of hydrogen-bond acceptors (Lipinski definition) is 4. The molecule has 2 aromatic heterocycles. The van der Waals surface area contributed by atoms with Crippen molar-refractivity contribution >= 4 is 46.4 Å². The molecule has 2 N–H and O–H groups in total. The molecule has 0 saturated carbocycles. The number of carbonyl (C=O) groups is 2. The Morgan fingerprint density at radius 1 is 0.969 bits per heavy atom. The van der Waals surface area contributed by atoms with Crippen LogP contribution in [-0.2, 0) is 6.54 Å². The molecule has 0 unspecified atom stereocenters. The van der Waals surface area contributed by atoms with Crippen LogP contribution in [0.25, 0.3) is 0 Å². The molecule has 32 heavy (non-hydrogen) atoms. The number of anilines is 2. The largest absolute Gasteiger partial charge is 0.459 e. The molecule has 0 aliphatic heterocycles. The van der Waals surface area contributed by atoms with Crippen molar-refractivity contribution in [1.29, 1.82) is 0 Å². The number of hydrogen-bond donors (Lipinski definition) is 2. The molecule has 2 heterocycles. The first kappa shape index (κ1) is 21.7. The Labute approximate surface area is 193 Å². The number of rotatable bonds is 6. The topological polar surface area (TPSA) is 89.2 Å². The fraction of sp³-hybridized carbons (Fsp3) is 0.0870. The summed E-state index contributed by atoms with van der Waals surface area (Å²) >= 11 is 12.6. The van der Waals surface area contributed by atoms with Gasteiger partial charge in [0.15, 0.2) is 5.76 Å². The second-order valence-electron chi connectivity index (χ2n) is 6.97. The fourth-order valence-corrected chi connectivity index (χ4v) is 3.67. The predicted molar refractivity (Wildman–Crippen MR) is 124 cm³/mol. The number of nitrogens with one attached hydrogen (secondary N) is 2. The number of furan rings is 1. The highest BCUT2D eigenvalue weighted by Crippen LogP contribution is 2.29. The lowest BCUT2D eigenvalue weighted by molar-refractivity contribution is 0.0993. The molecule has 0 radical (unpaired) electrons. The third kappa shape index (κ3) is 4.69. The van der Waals surface area contributed by atoms with E-state index in [4.69, 9.17) is 27.6 Å². The molecule has 0 bridgehead atoms. The van der Waals surface area contributed by atoms with Crippen LogP contribution >= 0.6 is 23.2 Å². The maximum Gasteiger partial charge on any atom is 0.291 e. The van der Waals surface area contributed by atoms with Gasteiger partial charge in [-0.15, -0.1) is 0 Å². The van der Waals surface area contributed by atoms with Crippen LogP contribution < -0.4 is 10.6 Å². The van der Waals surface area contributed by atoms with E-state index in [0.717, 1.165) is 5.56 Å². The molecule has 162 valence electrons. The minimum Gasteiger partial charge on any atom is -0.459 e. The molecule has 9 heteroatoms. The second-order valence-corrected chi connectivity index (χ2v) is 7.76. The maximum absolute atomic E-state index is 13.1. The monoisotopic (exact) mass is 468 g/mol. The summed E-state index contributed by atoms with van der Waals surface area (Å²) in [4.78, 5) is 25.4. The lowest BCUT2D eigenvalue weighted by Gasteiger charge is -2.12. The van der Waals surface area contributed by atoms with Gasteiger partial charge in [0.2, 0.25) is 0 Å². The molecule has 2 amide bonds. The molecule has 0 atom stereocenters. The number of amides is 2. The molecule has 0 aliphatic rings. The first-order valence-corrected chi connectivity index (χ1v) is 10.4. The van der Waals surface area contributed by atoms with Gasteiger partial charge in [-0.3, -0.25) is 9.59 Å². The molecule has 4 rings (SSSR count). The van der Waals surface area contributed by atoms with Crippen LogP contribution in [0.1, 0.15) is 32.2 Å². The molecular formula is C23H18Cl2N4O3. The Morgan fingerprint density at radius 2 is 1.72 bits per heavy atom. The van der Waals surface area contributed by atoms with E-state index in [-0.39, 0.29) is 16.5 Å². The Balaban J connectivity index is 1.57. The zero-order chi connectivity index (χ0) is 22.7. The number of carbonyl (C=O) groups excluding carboxylic acids is 2.